The Bertz CT molecular complexity index is 1450. The highest BCUT2D eigenvalue weighted by Gasteiger charge is 2.31. The van der Waals surface area contributed by atoms with E-state index in [2.05, 4.69) is 47.6 Å². The maximum atomic E-state index is 12.5. The van der Waals surface area contributed by atoms with Crippen molar-refractivity contribution in [1.29, 1.82) is 0 Å². The van der Waals surface area contributed by atoms with E-state index in [0.717, 1.165) is 22.2 Å². The van der Waals surface area contributed by atoms with Gasteiger partial charge in [0.2, 0.25) is 11.9 Å². The second kappa shape index (κ2) is 9.29. The normalized spacial score (nSPS) is 11.4. The lowest BCUT2D eigenvalue weighted by molar-refractivity contribution is -0.274. The zero-order valence-electron chi connectivity index (χ0n) is 18.1. The summed E-state index contributed by atoms with van der Waals surface area (Å²) in [5.41, 5.74) is 3.21. The molecular formula is C24H18F3N7O. The quantitative estimate of drug-likeness (QED) is 0.313. The molecule has 5 rings (SSSR count). The molecule has 0 aliphatic rings. The zero-order chi connectivity index (χ0) is 24.3. The average molecular weight is 477 g/mol. The number of hydrogen-bond acceptors (Lipinski definition) is 7. The third kappa shape index (κ3) is 5.64. The molecule has 0 saturated heterocycles. The van der Waals surface area contributed by atoms with Gasteiger partial charge < -0.3 is 15.4 Å². The van der Waals surface area contributed by atoms with E-state index in [1.807, 2.05) is 41.1 Å². The Morgan fingerprint density at radius 2 is 1.57 bits per heavy atom. The molecule has 0 radical (unpaired) electrons. The van der Waals surface area contributed by atoms with Gasteiger partial charge in [-0.25, -0.2) is 9.97 Å². The highest BCUT2D eigenvalue weighted by Crippen LogP contribution is 2.26. The first-order valence-electron chi connectivity index (χ1n) is 10.5. The predicted molar refractivity (Wildman–Crippen MR) is 125 cm³/mol. The number of halogens is 3. The smallest absolute Gasteiger partial charge is 0.406 e. The van der Waals surface area contributed by atoms with Gasteiger partial charge in [0.1, 0.15) is 12.1 Å². The van der Waals surface area contributed by atoms with Crippen LogP contribution in [0.25, 0.3) is 10.9 Å². The van der Waals surface area contributed by atoms with Crippen LogP contribution in [0.5, 0.6) is 5.75 Å². The van der Waals surface area contributed by atoms with Gasteiger partial charge in [-0.3, -0.25) is 4.68 Å². The maximum Gasteiger partial charge on any atom is 0.573 e. The van der Waals surface area contributed by atoms with Crippen LogP contribution in [-0.4, -0.2) is 31.1 Å². The minimum Gasteiger partial charge on any atom is -0.406 e. The van der Waals surface area contributed by atoms with Crippen molar-refractivity contribution in [2.24, 2.45) is 0 Å². The van der Waals surface area contributed by atoms with E-state index in [1.165, 1.54) is 24.5 Å². The minimum absolute atomic E-state index is 0.156. The van der Waals surface area contributed by atoms with E-state index >= 15 is 0 Å². The average Bonchev–Trinajstić information content (AvgIpc) is 3.21. The van der Waals surface area contributed by atoms with Crippen molar-refractivity contribution >= 4 is 34.2 Å². The molecule has 0 spiro atoms. The molecule has 0 unspecified atom stereocenters. The molecular weight excluding hydrogens is 459 g/mol. The summed E-state index contributed by atoms with van der Waals surface area (Å²) in [5, 5.41) is 11.4. The van der Waals surface area contributed by atoms with E-state index < -0.39 is 6.36 Å². The molecule has 0 bridgehead atoms. The first kappa shape index (κ1) is 22.1. The lowest BCUT2D eigenvalue weighted by Crippen LogP contribution is -2.17. The number of hydrogen-bond donors (Lipinski definition) is 2. The number of nitrogens with zero attached hydrogens (tertiary/aromatic N) is 5. The maximum absolute atomic E-state index is 12.5. The van der Waals surface area contributed by atoms with Crippen molar-refractivity contribution in [3.05, 3.63) is 90.9 Å². The summed E-state index contributed by atoms with van der Waals surface area (Å²) in [6.45, 7) is 0.662. The molecule has 0 amide bonds. The second-order valence-electron chi connectivity index (χ2n) is 7.52. The van der Waals surface area contributed by atoms with E-state index in [0.29, 0.717) is 12.2 Å². The fourth-order valence-corrected chi connectivity index (χ4v) is 3.49. The third-order valence-corrected chi connectivity index (χ3v) is 4.97. The number of ether oxygens (including phenoxy) is 1. The van der Waals surface area contributed by atoms with Crippen molar-refractivity contribution < 1.29 is 17.9 Å². The molecule has 3 aromatic carbocycles. The van der Waals surface area contributed by atoms with Gasteiger partial charge in [-0.1, -0.05) is 36.4 Å². The van der Waals surface area contributed by atoms with Gasteiger partial charge in [-0.15, -0.1) is 13.2 Å². The number of fused-ring (bicyclic) bond motifs is 1. The number of aromatic nitrogens is 5. The molecule has 0 saturated carbocycles. The largest absolute Gasteiger partial charge is 0.573 e. The minimum atomic E-state index is -4.78. The lowest BCUT2D eigenvalue weighted by atomic mass is 10.2. The molecule has 0 aliphatic heterocycles. The van der Waals surface area contributed by atoms with Gasteiger partial charge in [-0.05, 0) is 35.9 Å². The molecule has 2 aromatic heterocycles. The van der Waals surface area contributed by atoms with Gasteiger partial charge in [0, 0.05) is 22.8 Å². The van der Waals surface area contributed by atoms with Gasteiger partial charge in [0.25, 0.3) is 0 Å². The molecule has 2 heterocycles. The molecule has 0 atom stereocenters. The summed E-state index contributed by atoms with van der Waals surface area (Å²) < 4.78 is 43.3. The summed E-state index contributed by atoms with van der Waals surface area (Å²) in [5.74, 6) is 0.0701. The molecule has 8 nitrogen and oxygen atoms in total. The standard InChI is InChI=1S/C24H18F3N7O/c25-24(26,27)35-20-8-4-7-18(12-20)31-22-28-15-29-23(33-22)32-19-9-10-21-17(11-19)13-30-34(21)14-16-5-2-1-3-6-16/h1-13,15H,14H2,(H2,28,29,31,32,33). The van der Waals surface area contributed by atoms with Crippen LogP contribution in [0, 0.1) is 0 Å². The van der Waals surface area contributed by atoms with Crippen LogP contribution in [0.2, 0.25) is 0 Å². The Hall–Kier alpha value is -4.67. The molecule has 176 valence electrons. The van der Waals surface area contributed by atoms with E-state index in [1.54, 1.807) is 12.3 Å². The Morgan fingerprint density at radius 3 is 2.31 bits per heavy atom. The van der Waals surface area contributed by atoms with Crippen LogP contribution >= 0.6 is 0 Å². The Balaban J connectivity index is 1.29. The molecule has 0 fully saturated rings. The van der Waals surface area contributed by atoms with Gasteiger partial charge >= 0.3 is 6.36 Å². The van der Waals surface area contributed by atoms with Crippen molar-refractivity contribution in [3.8, 4) is 5.75 Å². The third-order valence-electron chi connectivity index (χ3n) is 4.97. The van der Waals surface area contributed by atoms with Crippen molar-refractivity contribution in [1.82, 2.24) is 24.7 Å². The lowest BCUT2D eigenvalue weighted by Gasteiger charge is -2.11. The fraction of sp³-hybridized carbons (Fsp3) is 0.0833. The highest BCUT2D eigenvalue weighted by molar-refractivity contribution is 5.83. The number of anilines is 4. The monoisotopic (exact) mass is 477 g/mol. The van der Waals surface area contributed by atoms with E-state index in [9.17, 15) is 13.2 Å². The number of benzene rings is 3. The first-order chi connectivity index (χ1) is 16.9. The summed E-state index contributed by atoms with van der Waals surface area (Å²) in [6, 6.07) is 21.2. The Morgan fingerprint density at radius 1 is 0.829 bits per heavy atom. The number of nitrogens with one attached hydrogen (secondary N) is 2. The van der Waals surface area contributed by atoms with Crippen molar-refractivity contribution in [3.63, 3.8) is 0 Å². The molecule has 2 N–H and O–H groups in total. The van der Waals surface area contributed by atoms with Gasteiger partial charge in [0.05, 0.1) is 18.3 Å². The number of rotatable bonds is 7. The summed E-state index contributed by atoms with van der Waals surface area (Å²) >= 11 is 0. The van der Waals surface area contributed by atoms with Crippen LogP contribution in [0.15, 0.2) is 85.3 Å². The summed E-state index contributed by atoms with van der Waals surface area (Å²) in [4.78, 5) is 12.4. The topological polar surface area (TPSA) is 89.8 Å². The Labute approximate surface area is 197 Å². The van der Waals surface area contributed by atoms with Crippen molar-refractivity contribution in [2.45, 2.75) is 12.9 Å². The van der Waals surface area contributed by atoms with Crippen molar-refractivity contribution in [2.75, 3.05) is 10.6 Å². The predicted octanol–water partition coefficient (Wildman–Crippen LogP) is 5.66. The first-order valence-corrected chi connectivity index (χ1v) is 10.5. The summed E-state index contributed by atoms with van der Waals surface area (Å²) in [7, 11) is 0. The fourth-order valence-electron chi connectivity index (χ4n) is 3.49. The van der Waals surface area contributed by atoms with Crippen LogP contribution in [0.3, 0.4) is 0 Å². The summed E-state index contributed by atoms with van der Waals surface area (Å²) in [6.07, 6.45) is -1.69. The van der Waals surface area contributed by atoms with Crippen LogP contribution in [-0.2, 0) is 6.54 Å². The second-order valence-corrected chi connectivity index (χ2v) is 7.52. The molecule has 5 aromatic rings. The number of alkyl halides is 3. The van der Waals surface area contributed by atoms with Gasteiger partial charge in [-0.2, -0.15) is 10.1 Å². The molecule has 0 aliphatic carbocycles. The zero-order valence-corrected chi connectivity index (χ0v) is 18.1. The highest BCUT2D eigenvalue weighted by atomic mass is 19.4. The van der Waals surface area contributed by atoms with Crippen LogP contribution < -0.4 is 15.4 Å². The SMILES string of the molecule is FC(F)(F)Oc1cccc(Nc2ncnc(Nc3ccc4c(cnn4Cc4ccccc4)c3)n2)c1. The van der Waals surface area contributed by atoms with Crippen LogP contribution in [0.4, 0.5) is 36.4 Å². The Kier molecular flexibility index (Phi) is 5.88. The van der Waals surface area contributed by atoms with E-state index in [4.69, 9.17) is 0 Å². The van der Waals surface area contributed by atoms with E-state index in [-0.39, 0.29) is 17.6 Å². The molecule has 35 heavy (non-hydrogen) atoms. The molecule has 11 heteroatoms. The van der Waals surface area contributed by atoms with Crippen LogP contribution in [0.1, 0.15) is 5.56 Å². The van der Waals surface area contributed by atoms with Gasteiger partial charge in [0.15, 0.2) is 0 Å².